The molecule has 3 aromatic heterocycles. The molecule has 6 heterocycles. The van der Waals surface area contributed by atoms with Crippen molar-refractivity contribution < 1.29 is 32.7 Å². The topological polar surface area (TPSA) is 171 Å². The van der Waals surface area contributed by atoms with Gasteiger partial charge >= 0.3 is 0 Å². The predicted molar refractivity (Wildman–Crippen MR) is 243 cm³/mol. The number of carbonyl (C=O) groups is 4. The molecule has 65 heavy (non-hydrogen) atoms. The average molecular weight is 914 g/mol. The van der Waals surface area contributed by atoms with Gasteiger partial charge in [-0.15, -0.1) is 0 Å². The SMILES string of the molecule is C[C@@H]1COCCN1c1ccn2ncc(C(=S)Nc3cn(C4CCC(CN(C)CCC5CCC(CNc6cccc7c6C(=O)N(C6CCC(=O)NC6=O)C7=O)CC5)CC4)nc3C(F)F)c2n1. The van der Waals surface area contributed by atoms with Gasteiger partial charge in [-0.25, -0.2) is 18.3 Å². The summed E-state index contributed by atoms with van der Waals surface area (Å²) in [6.45, 7) is 6.73. The zero-order valence-electron chi connectivity index (χ0n) is 36.9. The number of morpholine rings is 1. The number of ether oxygens (including phenoxy) is 1. The lowest BCUT2D eigenvalue weighted by molar-refractivity contribution is -0.136. The Morgan fingerprint density at radius 2 is 1.75 bits per heavy atom. The smallest absolute Gasteiger partial charge is 0.284 e. The minimum absolute atomic E-state index is 0.0258. The number of fused-ring (bicyclic) bond motifs is 2. The molecule has 5 aliphatic rings. The highest BCUT2D eigenvalue weighted by atomic mass is 32.1. The lowest BCUT2D eigenvalue weighted by Crippen LogP contribution is -2.54. The molecule has 2 saturated heterocycles. The van der Waals surface area contributed by atoms with Crippen molar-refractivity contribution in [2.24, 2.45) is 17.8 Å². The van der Waals surface area contributed by atoms with Crippen molar-refractivity contribution in [1.29, 1.82) is 0 Å². The van der Waals surface area contributed by atoms with Crippen molar-refractivity contribution in [3.05, 3.63) is 65.2 Å². The van der Waals surface area contributed by atoms with E-state index < -0.39 is 36.1 Å². The number of nitrogens with zero attached hydrogens (tertiary/aromatic N) is 8. The molecule has 346 valence electrons. The summed E-state index contributed by atoms with van der Waals surface area (Å²) in [6.07, 6.45) is 11.8. The van der Waals surface area contributed by atoms with Crippen molar-refractivity contribution in [3.63, 3.8) is 0 Å². The van der Waals surface area contributed by atoms with Crippen LogP contribution in [0.1, 0.15) is 122 Å². The number of carbonyl (C=O) groups excluding carboxylic acids is 4. The number of anilines is 3. The summed E-state index contributed by atoms with van der Waals surface area (Å²) < 4.78 is 37.7. The first-order valence-electron chi connectivity index (χ1n) is 23.1. The van der Waals surface area contributed by atoms with Crippen LogP contribution in [0.3, 0.4) is 0 Å². The van der Waals surface area contributed by atoms with Gasteiger partial charge < -0.3 is 25.2 Å². The maximum atomic E-state index is 14.4. The Morgan fingerprint density at radius 1 is 0.985 bits per heavy atom. The number of halogens is 2. The zero-order chi connectivity index (χ0) is 45.4. The van der Waals surface area contributed by atoms with Gasteiger partial charge in [0.05, 0.1) is 53.9 Å². The highest BCUT2D eigenvalue weighted by Crippen LogP contribution is 2.37. The third kappa shape index (κ3) is 9.50. The molecular formula is C46H57F2N11O5S. The summed E-state index contributed by atoms with van der Waals surface area (Å²) in [5, 5.41) is 17.6. The van der Waals surface area contributed by atoms with Crippen molar-refractivity contribution in [2.75, 3.05) is 62.0 Å². The number of aromatic nitrogens is 5. The number of hydrogen-bond acceptors (Lipinski definition) is 12. The number of alkyl halides is 2. The summed E-state index contributed by atoms with van der Waals surface area (Å²) in [7, 11) is 2.19. The second kappa shape index (κ2) is 19.2. The molecule has 2 aliphatic carbocycles. The molecule has 1 unspecified atom stereocenters. The summed E-state index contributed by atoms with van der Waals surface area (Å²) in [6, 6.07) is 6.27. The normalized spacial score (nSPS) is 25.1. The molecule has 4 aromatic rings. The van der Waals surface area contributed by atoms with E-state index in [9.17, 15) is 28.0 Å². The van der Waals surface area contributed by atoms with E-state index in [1.807, 2.05) is 18.3 Å². The molecule has 3 aliphatic heterocycles. The van der Waals surface area contributed by atoms with E-state index in [0.717, 1.165) is 81.6 Å². The minimum atomic E-state index is -2.77. The van der Waals surface area contributed by atoms with Gasteiger partial charge in [-0.2, -0.15) is 10.2 Å². The lowest BCUT2D eigenvalue weighted by Gasteiger charge is -2.34. The maximum absolute atomic E-state index is 14.4. The Labute approximate surface area is 381 Å². The first-order chi connectivity index (χ1) is 31.4. The molecule has 2 saturated carbocycles. The fourth-order valence-corrected chi connectivity index (χ4v) is 10.7. The van der Waals surface area contributed by atoms with Gasteiger partial charge in [0.1, 0.15) is 16.8 Å². The Bertz CT molecular complexity index is 2450. The summed E-state index contributed by atoms with van der Waals surface area (Å²) >= 11 is 5.75. The van der Waals surface area contributed by atoms with Crippen LogP contribution < -0.4 is 20.9 Å². The van der Waals surface area contributed by atoms with Crippen LogP contribution in [0, 0.1) is 17.8 Å². The van der Waals surface area contributed by atoms with Crippen LogP contribution in [0.25, 0.3) is 5.65 Å². The maximum Gasteiger partial charge on any atom is 0.284 e. The second-order valence-electron chi connectivity index (χ2n) is 18.6. The number of amides is 4. The molecule has 3 N–H and O–H groups in total. The molecule has 1 aromatic carbocycles. The van der Waals surface area contributed by atoms with E-state index in [1.54, 1.807) is 33.7 Å². The largest absolute Gasteiger partial charge is 0.384 e. The quantitative estimate of drug-likeness (QED) is 0.0960. The molecule has 16 nitrogen and oxygen atoms in total. The molecule has 2 atom stereocenters. The van der Waals surface area contributed by atoms with E-state index in [0.29, 0.717) is 66.5 Å². The van der Waals surface area contributed by atoms with Crippen LogP contribution in [-0.4, -0.2) is 121 Å². The Balaban J connectivity index is 0.714. The van der Waals surface area contributed by atoms with E-state index in [-0.39, 0.29) is 46.9 Å². The summed E-state index contributed by atoms with van der Waals surface area (Å²) in [4.78, 5) is 61.7. The number of piperidine rings is 1. The summed E-state index contributed by atoms with van der Waals surface area (Å²) in [5.74, 6) is 0.380. The Morgan fingerprint density at radius 3 is 2.51 bits per heavy atom. The van der Waals surface area contributed by atoms with Gasteiger partial charge in [-0.3, -0.25) is 34.1 Å². The van der Waals surface area contributed by atoms with Gasteiger partial charge in [0.2, 0.25) is 11.8 Å². The van der Waals surface area contributed by atoms with Crippen LogP contribution in [0.5, 0.6) is 0 Å². The minimum Gasteiger partial charge on any atom is -0.384 e. The van der Waals surface area contributed by atoms with E-state index >= 15 is 0 Å². The molecule has 4 amide bonds. The van der Waals surface area contributed by atoms with Gasteiger partial charge in [-0.05, 0) is 108 Å². The number of imide groups is 2. The number of hydrogen-bond donors (Lipinski definition) is 3. The highest BCUT2D eigenvalue weighted by molar-refractivity contribution is 7.81. The Kier molecular flexibility index (Phi) is 13.2. The molecule has 4 fully saturated rings. The number of benzene rings is 1. The summed E-state index contributed by atoms with van der Waals surface area (Å²) in [5.41, 5.74) is 2.15. The zero-order valence-corrected chi connectivity index (χ0v) is 37.7. The molecule has 0 spiro atoms. The first-order valence-corrected chi connectivity index (χ1v) is 23.5. The number of thiocarbonyl (C=S) groups is 1. The van der Waals surface area contributed by atoms with Gasteiger partial charge in [0.25, 0.3) is 18.2 Å². The Hall–Kier alpha value is -5.40. The van der Waals surface area contributed by atoms with Gasteiger partial charge in [0, 0.05) is 44.1 Å². The van der Waals surface area contributed by atoms with Crippen LogP contribution in [-0.2, 0) is 14.3 Å². The fourth-order valence-electron chi connectivity index (χ4n) is 10.5. The van der Waals surface area contributed by atoms with Gasteiger partial charge in [-0.1, -0.05) is 31.1 Å². The van der Waals surface area contributed by atoms with E-state index in [2.05, 4.69) is 49.9 Å². The third-order valence-corrected chi connectivity index (χ3v) is 14.5. The van der Waals surface area contributed by atoms with E-state index in [1.165, 1.54) is 0 Å². The first kappa shape index (κ1) is 44.8. The van der Waals surface area contributed by atoms with Crippen LogP contribution in [0.4, 0.5) is 26.0 Å². The lowest BCUT2D eigenvalue weighted by atomic mass is 9.80. The molecule has 9 rings (SSSR count). The highest BCUT2D eigenvalue weighted by Gasteiger charge is 2.45. The standard InChI is InChI=1S/C46H57F2N11O5S/c1-27-26-64-21-20-56(27)37-17-19-57-42(52-37)33(23-50-57)44(65)51-35-25-58(54-40(35)41(47)48)31-12-10-30(11-13-31)24-55(2)18-16-28-6-8-29(9-7-28)22-49-34-5-3-4-32-39(34)46(63)59(45(32)62)36-14-15-38(60)53-43(36)61/h3-5,17,19,23,25,27-31,36,41,49H,6-16,18,20-22,24,26H2,1-2H3,(H,51,65)(H,53,60,61)/t27-,28?,29?,30?,31?,36?/m1/s1. The monoisotopic (exact) mass is 913 g/mol. The van der Waals surface area contributed by atoms with E-state index in [4.69, 9.17) is 21.9 Å². The molecule has 19 heteroatoms. The molecule has 0 bridgehead atoms. The molecular weight excluding hydrogens is 857 g/mol. The third-order valence-electron chi connectivity index (χ3n) is 14.2. The van der Waals surface area contributed by atoms with Crippen LogP contribution in [0.15, 0.2) is 42.9 Å². The number of nitrogens with one attached hydrogen (secondary N) is 3. The fraction of sp³-hybridized carbons (Fsp3) is 0.565. The molecule has 0 radical (unpaired) electrons. The number of rotatable bonds is 14. The van der Waals surface area contributed by atoms with Crippen molar-refractivity contribution in [1.82, 2.24) is 39.5 Å². The van der Waals surface area contributed by atoms with Crippen LogP contribution in [0.2, 0.25) is 0 Å². The van der Waals surface area contributed by atoms with Crippen molar-refractivity contribution in [2.45, 2.75) is 102 Å². The predicted octanol–water partition coefficient (Wildman–Crippen LogP) is 6.25. The van der Waals surface area contributed by atoms with Crippen molar-refractivity contribution in [3.8, 4) is 0 Å². The average Bonchev–Trinajstić information content (AvgIpc) is 4.00. The van der Waals surface area contributed by atoms with Crippen molar-refractivity contribution >= 4 is 63.7 Å². The van der Waals surface area contributed by atoms with Crippen LogP contribution >= 0.6 is 12.2 Å². The second-order valence-corrected chi connectivity index (χ2v) is 19.0. The van der Waals surface area contributed by atoms with Gasteiger partial charge in [0.15, 0.2) is 11.3 Å².